The molecule has 0 bridgehead atoms. The van der Waals surface area contributed by atoms with Crippen LogP contribution in [0.4, 0.5) is 0 Å². The highest BCUT2D eigenvalue weighted by molar-refractivity contribution is 5.52. The van der Waals surface area contributed by atoms with Gasteiger partial charge in [-0.3, -0.25) is 0 Å². The summed E-state index contributed by atoms with van der Waals surface area (Å²) in [5.74, 6) is 6.52. The number of rotatable bonds is 2. The molecule has 0 heterocycles. The Morgan fingerprint density at radius 1 is 1.28 bits per heavy atom. The zero-order valence-electron chi connectivity index (χ0n) is 11.2. The standard InChI is InChI=1S/C17H18O/c1-4-7-14-10-11-15-8-5-6-9-16(15)12-17(18-3)13(14)2/h4-9,17H,12H2,1-3H3/b7-4-,14-13-. The molecule has 92 valence electrons. The average molecular weight is 238 g/mol. The zero-order chi connectivity index (χ0) is 13.0. The predicted molar refractivity (Wildman–Crippen MR) is 75.3 cm³/mol. The van der Waals surface area contributed by atoms with Crippen molar-refractivity contribution in [2.24, 2.45) is 0 Å². The van der Waals surface area contributed by atoms with E-state index in [-0.39, 0.29) is 6.10 Å². The third-order valence-electron chi connectivity index (χ3n) is 3.28. The number of hydrogen-bond donors (Lipinski definition) is 0. The SMILES string of the molecule is C/C=C\C1=C(/C)C(OC)Cc2ccccc2C#C1. The largest absolute Gasteiger partial charge is 0.377 e. The van der Waals surface area contributed by atoms with Gasteiger partial charge >= 0.3 is 0 Å². The Morgan fingerprint density at radius 3 is 2.78 bits per heavy atom. The first-order chi connectivity index (χ1) is 8.76. The molecule has 0 N–H and O–H groups in total. The maximum absolute atomic E-state index is 5.61. The van der Waals surface area contributed by atoms with Crippen LogP contribution in [0.2, 0.25) is 0 Å². The maximum Gasteiger partial charge on any atom is 0.0834 e. The van der Waals surface area contributed by atoms with E-state index >= 15 is 0 Å². The summed E-state index contributed by atoms with van der Waals surface area (Å²) in [6.07, 6.45) is 5.07. The Balaban J connectivity index is 2.55. The van der Waals surface area contributed by atoms with Crippen LogP contribution >= 0.6 is 0 Å². The highest BCUT2D eigenvalue weighted by atomic mass is 16.5. The quantitative estimate of drug-likeness (QED) is 0.716. The Morgan fingerprint density at radius 2 is 2.06 bits per heavy atom. The van der Waals surface area contributed by atoms with Gasteiger partial charge in [-0.25, -0.2) is 0 Å². The molecule has 1 aliphatic carbocycles. The van der Waals surface area contributed by atoms with E-state index < -0.39 is 0 Å². The van der Waals surface area contributed by atoms with E-state index in [0.717, 1.165) is 17.6 Å². The molecule has 1 atom stereocenters. The minimum Gasteiger partial charge on any atom is -0.377 e. The van der Waals surface area contributed by atoms with Crippen LogP contribution in [0.25, 0.3) is 0 Å². The van der Waals surface area contributed by atoms with Crippen molar-refractivity contribution in [3.63, 3.8) is 0 Å². The van der Waals surface area contributed by atoms with Gasteiger partial charge in [0, 0.05) is 24.7 Å². The lowest BCUT2D eigenvalue weighted by atomic mass is 9.93. The molecule has 0 aromatic heterocycles. The molecule has 0 saturated heterocycles. The van der Waals surface area contributed by atoms with Gasteiger partial charge in [-0.2, -0.15) is 0 Å². The Bertz CT molecular complexity index is 552. The molecule has 0 saturated carbocycles. The van der Waals surface area contributed by atoms with E-state index in [1.165, 1.54) is 11.1 Å². The van der Waals surface area contributed by atoms with Crippen LogP contribution in [0.15, 0.2) is 47.6 Å². The van der Waals surface area contributed by atoms with Gasteiger partial charge in [0.25, 0.3) is 0 Å². The van der Waals surface area contributed by atoms with Crippen molar-refractivity contribution in [1.29, 1.82) is 0 Å². The summed E-state index contributed by atoms with van der Waals surface area (Å²) in [4.78, 5) is 0. The predicted octanol–water partition coefficient (Wildman–Crippen LogP) is 3.50. The average Bonchev–Trinajstić information content (AvgIpc) is 2.39. The fourth-order valence-corrected chi connectivity index (χ4v) is 2.18. The molecule has 2 rings (SSSR count). The summed E-state index contributed by atoms with van der Waals surface area (Å²) in [7, 11) is 1.76. The second kappa shape index (κ2) is 5.71. The van der Waals surface area contributed by atoms with E-state index in [0.29, 0.717) is 0 Å². The molecule has 1 aromatic carbocycles. The van der Waals surface area contributed by atoms with Gasteiger partial charge in [0.1, 0.15) is 0 Å². The fraction of sp³-hybridized carbons (Fsp3) is 0.294. The van der Waals surface area contributed by atoms with Gasteiger partial charge in [-0.1, -0.05) is 42.2 Å². The summed E-state index contributed by atoms with van der Waals surface area (Å²) >= 11 is 0. The molecule has 1 aromatic rings. The van der Waals surface area contributed by atoms with Crippen LogP contribution in [-0.4, -0.2) is 13.2 Å². The summed E-state index contributed by atoms with van der Waals surface area (Å²) < 4.78 is 5.61. The van der Waals surface area contributed by atoms with Crippen molar-refractivity contribution in [3.8, 4) is 11.8 Å². The number of allylic oxidation sites excluding steroid dienone is 3. The van der Waals surface area contributed by atoms with Crippen molar-refractivity contribution in [3.05, 3.63) is 58.7 Å². The lowest BCUT2D eigenvalue weighted by Gasteiger charge is -2.19. The van der Waals surface area contributed by atoms with E-state index in [1.807, 2.05) is 19.1 Å². The number of fused-ring (bicyclic) bond motifs is 1. The molecule has 0 amide bonds. The summed E-state index contributed by atoms with van der Waals surface area (Å²) in [5, 5.41) is 0. The van der Waals surface area contributed by atoms with E-state index in [1.54, 1.807) is 7.11 Å². The third kappa shape index (κ3) is 2.55. The number of methoxy groups -OCH3 is 1. The molecule has 1 unspecified atom stereocenters. The van der Waals surface area contributed by atoms with Crippen LogP contribution in [0.3, 0.4) is 0 Å². The number of ether oxygens (including phenoxy) is 1. The lowest BCUT2D eigenvalue weighted by molar-refractivity contribution is 0.131. The van der Waals surface area contributed by atoms with E-state index in [2.05, 4.69) is 43.0 Å². The van der Waals surface area contributed by atoms with Gasteiger partial charge in [-0.15, -0.1) is 0 Å². The highest BCUT2D eigenvalue weighted by Gasteiger charge is 2.16. The summed E-state index contributed by atoms with van der Waals surface area (Å²) in [5.41, 5.74) is 4.64. The monoisotopic (exact) mass is 238 g/mol. The van der Waals surface area contributed by atoms with Gasteiger partial charge in [-0.05, 0) is 31.1 Å². The normalized spacial score (nSPS) is 22.9. The lowest BCUT2D eigenvalue weighted by Crippen LogP contribution is -2.18. The topological polar surface area (TPSA) is 9.23 Å². The molecule has 0 radical (unpaired) electrons. The molecule has 1 aliphatic rings. The van der Waals surface area contributed by atoms with Crippen molar-refractivity contribution >= 4 is 0 Å². The van der Waals surface area contributed by atoms with Gasteiger partial charge in [0.05, 0.1) is 6.10 Å². The minimum atomic E-state index is 0.104. The van der Waals surface area contributed by atoms with Gasteiger partial charge < -0.3 is 4.74 Å². The summed E-state index contributed by atoms with van der Waals surface area (Å²) in [6.45, 7) is 4.11. The Labute approximate surface area is 109 Å². The van der Waals surface area contributed by atoms with Crippen molar-refractivity contribution in [1.82, 2.24) is 0 Å². The van der Waals surface area contributed by atoms with E-state index in [4.69, 9.17) is 4.74 Å². The molecular formula is C17H18O. The van der Waals surface area contributed by atoms with Crippen molar-refractivity contribution in [2.45, 2.75) is 26.4 Å². The first-order valence-corrected chi connectivity index (χ1v) is 6.22. The molecule has 0 spiro atoms. The maximum atomic E-state index is 5.61. The van der Waals surface area contributed by atoms with Crippen molar-refractivity contribution in [2.75, 3.05) is 7.11 Å². The zero-order valence-corrected chi connectivity index (χ0v) is 11.2. The first kappa shape index (κ1) is 12.7. The fourth-order valence-electron chi connectivity index (χ4n) is 2.18. The molecule has 0 fully saturated rings. The van der Waals surface area contributed by atoms with Crippen LogP contribution < -0.4 is 0 Å². The molecule has 18 heavy (non-hydrogen) atoms. The number of benzene rings is 1. The van der Waals surface area contributed by atoms with E-state index in [9.17, 15) is 0 Å². The van der Waals surface area contributed by atoms with Crippen molar-refractivity contribution < 1.29 is 4.74 Å². The second-order valence-electron chi connectivity index (χ2n) is 4.43. The van der Waals surface area contributed by atoms with Gasteiger partial charge in [0.15, 0.2) is 0 Å². The Hall–Kier alpha value is -1.78. The molecule has 1 heteroatoms. The number of hydrogen-bond acceptors (Lipinski definition) is 1. The minimum absolute atomic E-state index is 0.104. The third-order valence-corrected chi connectivity index (χ3v) is 3.28. The summed E-state index contributed by atoms with van der Waals surface area (Å²) in [6, 6.07) is 8.29. The Kier molecular flexibility index (Phi) is 4.02. The molecule has 1 nitrogen and oxygen atoms in total. The highest BCUT2D eigenvalue weighted by Crippen LogP contribution is 2.21. The van der Waals surface area contributed by atoms with Crippen LogP contribution in [0.1, 0.15) is 25.0 Å². The van der Waals surface area contributed by atoms with Crippen LogP contribution in [0.5, 0.6) is 0 Å². The van der Waals surface area contributed by atoms with Gasteiger partial charge in [0.2, 0.25) is 0 Å². The smallest absolute Gasteiger partial charge is 0.0834 e. The second-order valence-corrected chi connectivity index (χ2v) is 4.43. The van der Waals surface area contributed by atoms with Crippen LogP contribution in [-0.2, 0) is 11.2 Å². The van der Waals surface area contributed by atoms with Crippen LogP contribution in [0, 0.1) is 11.8 Å². The first-order valence-electron chi connectivity index (χ1n) is 6.22. The molecule has 0 aliphatic heterocycles. The molecular weight excluding hydrogens is 220 g/mol.